The largest absolute Gasteiger partial charge is 0.481 e. The Kier molecular flexibility index (Phi) is 8.98. The number of rotatable bonds is 10. The van der Waals surface area contributed by atoms with Crippen molar-refractivity contribution in [2.45, 2.75) is 57.3 Å². The van der Waals surface area contributed by atoms with Crippen molar-refractivity contribution in [2.75, 3.05) is 13.2 Å². The number of aliphatic hydroxyl groups excluding tert-OH is 1. The molecule has 0 aromatic heterocycles. The smallest absolute Gasteiger partial charge is 0.328 e. The predicted octanol–water partition coefficient (Wildman–Crippen LogP) is -2.52. The van der Waals surface area contributed by atoms with Gasteiger partial charge in [-0.25, -0.2) is 4.79 Å². The zero-order valence-electron chi connectivity index (χ0n) is 16.3. The van der Waals surface area contributed by atoms with Gasteiger partial charge in [0.2, 0.25) is 17.7 Å². The lowest BCUT2D eigenvalue weighted by Gasteiger charge is -2.31. The first-order valence-electron chi connectivity index (χ1n) is 9.21. The number of hydrogen-bond acceptors (Lipinski definition) is 7. The van der Waals surface area contributed by atoms with Gasteiger partial charge in [0.15, 0.2) is 0 Å². The van der Waals surface area contributed by atoms with Crippen LogP contribution < -0.4 is 16.4 Å². The van der Waals surface area contributed by atoms with Crippen molar-refractivity contribution < 1.29 is 39.3 Å². The van der Waals surface area contributed by atoms with E-state index in [0.717, 1.165) is 0 Å². The summed E-state index contributed by atoms with van der Waals surface area (Å²) in [5.41, 5.74) is 5.53. The molecule has 4 atom stereocenters. The fourth-order valence-corrected chi connectivity index (χ4v) is 2.99. The number of amides is 3. The summed E-state index contributed by atoms with van der Waals surface area (Å²) in [7, 11) is 0. The van der Waals surface area contributed by atoms with Gasteiger partial charge >= 0.3 is 11.9 Å². The van der Waals surface area contributed by atoms with Gasteiger partial charge in [-0.2, -0.15) is 0 Å². The summed E-state index contributed by atoms with van der Waals surface area (Å²) in [4.78, 5) is 60.5. The molecule has 0 radical (unpaired) electrons. The van der Waals surface area contributed by atoms with E-state index in [1.807, 2.05) is 0 Å². The zero-order valence-corrected chi connectivity index (χ0v) is 16.3. The monoisotopic (exact) mass is 416 g/mol. The number of carbonyl (C=O) groups excluding carboxylic acids is 3. The first kappa shape index (κ1) is 24.3. The molecule has 0 spiro atoms. The minimum atomic E-state index is -1.49. The second kappa shape index (κ2) is 10.7. The summed E-state index contributed by atoms with van der Waals surface area (Å²) in [6, 6.07) is -4.81. The Morgan fingerprint density at radius 3 is 2.24 bits per heavy atom. The highest BCUT2D eigenvalue weighted by molar-refractivity contribution is 5.95. The summed E-state index contributed by atoms with van der Waals surface area (Å²) < 4.78 is 0. The van der Waals surface area contributed by atoms with Crippen LogP contribution in [0.4, 0.5) is 0 Å². The minimum absolute atomic E-state index is 0.230. The third-order valence-corrected chi connectivity index (χ3v) is 4.60. The maximum atomic E-state index is 13.0. The van der Waals surface area contributed by atoms with Gasteiger partial charge in [-0.3, -0.25) is 19.2 Å². The van der Waals surface area contributed by atoms with Crippen molar-refractivity contribution >= 4 is 29.7 Å². The minimum Gasteiger partial charge on any atom is -0.481 e. The van der Waals surface area contributed by atoms with Crippen molar-refractivity contribution in [1.82, 2.24) is 15.5 Å². The molecule has 1 aliphatic heterocycles. The molecule has 3 amide bonds. The lowest BCUT2D eigenvalue weighted by Crippen LogP contribution is -2.58. The molecule has 1 fully saturated rings. The molecule has 7 N–H and O–H groups in total. The van der Waals surface area contributed by atoms with Crippen LogP contribution in [-0.2, 0) is 24.0 Å². The van der Waals surface area contributed by atoms with Crippen molar-refractivity contribution in [3.63, 3.8) is 0 Å². The molecule has 1 heterocycles. The van der Waals surface area contributed by atoms with Crippen molar-refractivity contribution in [1.29, 1.82) is 0 Å². The number of aliphatic hydroxyl groups is 1. The lowest BCUT2D eigenvalue weighted by molar-refractivity contribution is -0.146. The second-order valence-corrected chi connectivity index (χ2v) is 7.21. The van der Waals surface area contributed by atoms with Crippen molar-refractivity contribution in [3.8, 4) is 0 Å². The standard InChI is InChI=1S/C17H28N4O8/c1-8(2)13(20-14(25)9(18)6-12(23)24)16(27)21-5-3-4-11(21)15(26)19-10(7-22)17(28)29/h8-11,13,22H,3-7,18H2,1-2H3,(H,19,26)(H,20,25)(H,23,24)(H,28,29). The lowest BCUT2D eigenvalue weighted by atomic mass is 10.0. The second-order valence-electron chi connectivity index (χ2n) is 7.21. The van der Waals surface area contributed by atoms with Gasteiger partial charge in [0.05, 0.1) is 19.1 Å². The van der Waals surface area contributed by atoms with E-state index >= 15 is 0 Å². The van der Waals surface area contributed by atoms with E-state index in [-0.39, 0.29) is 12.5 Å². The van der Waals surface area contributed by atoms with Crippen molar-refractivity contribution in [3.05, 3.63) is 0 Å². The Balaban J connectivity index is 2.90. The Hall–Kier alpha value is -2.73. The molecule has 1 rings (SSSR count). The Labute approximate surface area is 167 Å². The Bertz CT molecular complexity index is 653. The molecule has 0 aromatic carbocycles. The maximum Gasteiger partial charge on any atom is 0.328 e. The average Bonchev–Trinajstić information content (AvgIpc) is 3.11. The van der Waals surface area contributed by atoms with Gasteiger partial charge in [0.1, 0.15) is 18.1 Å². The average molecular weight is 416 g/mol. The molecule has 29 heavy (non-hydrogen) atoms. The van der Waals surface area contributed by atoms with E-state index in [1.165, 1.54) is 4.90 Å². The van der Waals surface area contributed by atoms with E-state index in [9.17, 15) is 24.0 Å². The van der Waals surface area contributed by atoms with Gasteiger partial charge in [-0.1, -0.05) is 13.8 Å². The van der Waals surface area contributed by atoms with Gasteiger partial charge < -0.3 is 36.6 Å². The summed E-state index contributed by atoms with van der Waals surface area (Å²) in [5.74, 6) is -5.11. The maximum absolute atomic E-state index is 13.0. The van der Waals surface area contributed by atoms with Crippen LogP contribution in [0.2, 0.25) is 0 Å². The molecular weight excluding hydrogens is 388 g/mol. The molecule has 4 unspecified atom stereocenters. The zero-order chi connectivity index (χ0) is 22.3. The third-order valence-electron chi connectivity index (χ3n) is 4.60. The van der Waals surface area contributed by atoms with Crippen LogP contribution in [0.5, 0.6) is 0 Å². The fourth-order valence-electron chi connectivity index (χ4n) is 2.99. The Morgan fingerprint density at radius 1 is 1.14 bits per heavy atom. The van der Waals surface area contributed by atoms with Crippen LogP contribution in [0.15, 0.2) is 0 Å². The number of carboxylic acid groups (broad SMARTS) is 2. The Morgan fingerprint density at radius 2 is 1.76 bits per heavy atom. The quantitative estimate of drug-likeness (QED) is 0.222. The van der Waals surface area contributed by atoms with Gasteiger partial charge in [-0.15, -0.1) is 0 Å². The number of nitrogens with two attached hydrogens (primary N) is 1. The van der Waals surface area contributed by atoms with Crippen LogP contribution in [-0.4, -0.2) is 87.2 Å². The van der Waals surface area contributed by atoms with E-state index in [2.05, 4.69) is 10.6 Å². The topological polar surface area (TPSA) is 199 Å². The highest BCUT2D eigenvalue weighted by atomic mass is 16.4. The first-order chi connectivity index (χ1) is 13.5. The molecule has 12 heteroatoms. The van der Waals surface area contributed by atoms with Gasteiger partial charge in [0, 0.05) is 6.54 Å². The molecule has 0 bridgehead atoms. The number of nitrogens with zero attached hydrogens (tertiary/aromatic N) is 1. The SMILES string of the molecule is CC(C)C(NC(=O)C(N)CC(=O)O)C(=O)N1CCCC1C(=O)NC(CO)C(=O)O. The number of aliphatic carboxylic acids is 2. The molecule has 0 aromatic rings. The molecule has 0 saturated carbocycles. The number of carbonyl (C=O) groups is 5. The van der Waals surface area contributed by atoms with E-state index in [1.54, 1.807) is 13.8 Å². The third kappa shape index (κ3) is 6.68. The number of hydrogen-bond donors (Lipinski definition) is 6. The van der Waals surface area contributed by atoms with Crippen LogP contribution in [0, 0.1) is 5.92 Å². The molecule has 1 aliphatic rings. The fraction of sp³-hybridized carbons (Fsp3) is 0.706. The van der Waals surface area contributed by atoms with Gasteiger partial charge in [-0.05, 0) is 18.8 Å². The van der Waals surface area contributed by atoms with E-state index < -0.39 is 66.9 Å². The van der Waals surface area contributed by atoms with E-state index in [0.29, 0.717) is 12.8 Å². The summed E-state index contributed by atoms with van der Waals surface area (Å²) >= 11 is 0. The van der Waals surface area contributed by atoms with Crippen LogP contribution in [0.25, 0.3) is 0 Å². The van der Waals surface area contributed by atoms with Crippen molar-refractivity contribution in [2.24, 2.45) is 11.7 Å². The molecule has 12 nitrogen and oxygen atoms in total. The number of likely N-dealkylation sites (tertiary alicyclic amines) is 1. The number of nitrogens with one attached hydrogen (secondary N) is 2. The normalized spacial score (nSPS) is 19.3. The van der Waals surface area contributed by atoms with Crippen LogP contribution >= 0.6 is 0 Å². The number of carboxylic acids is 2. The molecule has 1 saturated heterocycles. The summed E-state index contributed by atoms with van der Waals surface area (Å²) in [6.07, 6.45) is 0.196. The molecule has 0 aliphatic carbocycles. The molecular formula is C17H28N4O8. The highest BCUT2D eigenvalue weighted by Crippen LogP contribution is 2.20. The van der Waals surface area contributed by atoms with E-state index in [4.69, 9.17) is 21.1 Å². The van der Waals surface area contributed by atoms with Crippen LogP contribution in [0.1, 0.15) is 33.1 Å². The highest BCUT2D eigenvalue weighted by Gasteiger charge is 2.40. The predicted molar refractivity (Wildman–Crippen MR) is 98.4 cm³/mol. The van der Waals surface area contributed by atoms with Crippen LogP contribution in [0.3, 0.4) is 0 Å². The summed E-state index contributed by atoms with van der Waals surface area (Å²) in [6.45, 7) is 2.77. The van der Waals surface area contributed by atoms with Gasteiger partial charge in [0.25, 0.3) is 0 Å². The first-order valence-corrected chi connectivity index (χ1v) is 9.21. The summed E-state index contributed by atoms with van der Waals surface area (Å²) in [5, 5.41) is 31.4. The molecule has 164 valence electrons.